The van der Waals surface area contributed by atoms with E-state index in [-0.39, 0.29) is 18.0 Å². The number of hydrogen-bond donors (Lipinski definition) is 2. The van der Waals surface area contributed by atoms with Gasteiger partial charge in [0.2, 0.25) is 10.0 Å². The molecule has 2 N–H and O–H groups in total. The van der Waals surface area contributed by atoms with Crippen LogP contribution < -0.4 is 4.72 Å². The number of fused-ring (bicyclic) bond motifs is 1. The van der Waals surface area contributed by atoms with Crippen LogP contribution in [-0.2, 0) is 27.6 Å². The van der Waals surface area contributed by atoms with E-state index in [0.29, 0.717) is 0 Å². The monoisotopic (exact) mass is 313 g/mol. The van der Waals surface area contributed by atoms with Gasteiger partial charge in [0.05, 0.1) is 17.1 Å². The van der Waals surface area contributed by atoms with Crippen molar-refractivity contribution < 1.29 is 18.3 Å². The first-order valence-electron chi connectivity index (χ1n) is 7.17. The van der Waals surface area contributed by atoms with Crippen molar-refractivity contribution in [1.29, 1.82) is 0 Å². The van der Waals surface area contributed by atoms with Gasteiger partial charge in [-0.1, -0.05) is 6.07 Å². The highest BCUT2D eigenvalue weighted by atomic mass is 32.2. The van der Waals surface area contributed by atoms with E-state index in [1.54, 1.807) is 12.1 Å². The van der Waals surface area contributed by atoms with Crippen LogP contribution in [0.3, 0.4) is 0 Å². The number of hydrogen-bond acceptors (Lipinski definition) is 4. The molecule has 0 fully saturated rings. The van der Waals surface area contributed by atoms with Crippen LogP contribution in [0.4, 0.5) is 0 Å². The van der Waals surface area contributed by atoms with E-state index in [0.717, 1.165) is 31.2 Å². The summed E-state index contributed by atoms with van der Waals surface area (Å²) >= 11 is 0. The molecule has 0 aliphatic heterocycles. The van der Waals surface area contributed by atoms with Crippen molar-refractivity contribution in [2.45, 2.75) is 43.1 Å². The summed E-state index contributed by atoms with van der Waals surface area (Å²) < 4.78 is 31.9. The maximum absolute atomic E-state index is 12.3. The zero-order valence-corrected chi connectivity index (χ0v) is 13.4. The standard InChI is InChI=1S/C15H23NO4S/c1-15(17,11-20-2)10-16-21(18,19)14-8-7-12-5-3-4-6-13(12)9-14/h7-9,16-17H,3-6,10-11H2,1-2H3. The van der Waals surface area contributed by atoms with Crippen LogP contribution in [-0.4, -0.2) is 39.4 Å². The minimum Gasteiger partial charge on any atom is -0.386 e. The molecule has 0 heterocycles. The van der Waals surface area contributed by atoms with Gasteiger partial charge in [-0.2, -0.15) is 0 Å². The molecule has 6 heteroatoms. The molecule has 1 aliphatic rings. The second kappa shape index (κ2) is 6.44. The van der Waals surface area contributed by atoms with E-state index in [9.17, 15) is 13.5 Å². The van der Waals surface area contributed by atoms with Gasteiger partial charge in [0.25, 0.3) is 0 Å². The molecule has 0 saturated heterocycles. The third-order valence-corrected chi connectivity index (χ3v) is 5.13. The number of methoxy groups -OCH3 is 1. The second-order valence-electron chi connectivity index (χ2n) is 5.89. The molecule has 0 bridgehead atoms. The Bertz CT molecular complexity index is 596. The predicted molar refractivity (Wildman–Crippen MR) is 80.8 cm³/mol. The molecule has 0 amide bonds. The van der Waals surface area contributed by atoms with Crippen molar-refractivity contribution in [2.24, 2.45) is 0 Å². The van der Waals surface area contributed by atoms with Crippen molar-refractivity contribution in [3.05, 3.63) is 29.3 Å². The van der Waals surface area contributed by atoms with Crippen LogP contribution in [0.5, 0.6) is 0 Å². The van der Waals surface area contributed by atoms with Gasteiger partial charge in [0.15, 0.2) is 0 Å². The van der Waals surface area contributed by atoms with Crippen LogP contribution in [0.1, 0.15) is 30.9 Å². The number of rotatable bonds is 6. The molecule has 0 saturated carbocycles. The van der Waals surface area contributed by atoms with E-state index in [1.807, 2.05) is 6.07 Å². The third-order valence-electron chi connectivity index (χ3n) is 3.73. The number of nitrogens with one attached hydrogen (secondary N) is 1. The van der Waals surface area contributed by atoms with Crippen molar-refractivity contribution in [3.63, 3.8) is 0 Å². The van der Waals surface area contributed by atoms with Crippen LogP contribution >= 0.6 is 0 Å². The fourth-order valence-corrected chi connectivity index (χ4v) is 3.79. The normalized spacial score (nSPS) is 18.0. The molecule has 118 valence electrons. The summed E-state index contributed by atoms with van der Waals surface area (Å²) in [5.74, 6) is 0. The average molecular weight is 313 g/mol. The molecule has 0 spiro atoms. The maximum Gasteiger partial charge on any atom is 0.240 e. The zero-order chi connectivity index (χ0) is 15.5. The zero-order valence-electron chi connectivity index (χ0n) is 12.6. The highest BCUT2D eigenvalue weighted by Gasteiger charge is 2.24. The first-order valence-corrected chi connectivity index (χ1v) is 8.65. The Morgan fingerprint density at radius 1 is 1.29 bits per heavy atom. The Balaban J connectivity index is 2.12. The van der Waals surface area contributed by atoms with Crippen LogP contribution in [0, 0.1) is 0 Å². The van der Waals surface area contributed by atoms with Gasteiger partial charge in [-0.25, -0.2) is 13.1 Å². The van der Waals surface area contributed by atoms with E-state index in [1.165, 1.54) is 19.6 Å². The molecule has 21 heavy (non-hydrogen) atoms. The first-order chi connectivity index (χ1) is 9.84. The Morgan fingerprint density at radius 2 is 1.95 bits per heavy atom. The fraction of sp³-hybridized carbons (Fsp3) is 0.600. The number of aliphatic hydroxyl groups is 1. The molecule has 0 radical (unpaired) electrons. The summed E-state index contributed by atoms with van der Waals surface area (Å²) in [6.07, 6.45) is 4.22. The number of sulfonamides is 1. The topological polar surface area (TPSA) is 75.6 Å². The molecular formula is C15H23NO4S. The molecular weight excluding hydrogens is 290 g/mol. The quantitative estimate of drug-likeness (QED) is 0.828. The number of aryl methyl sites for hydroxylation is 2. The highest BCUT2D eigenvalue weighted by Crippen LogP contribution is 2.24. The minimum atomic E-state index is -3.61. The van der Waals surface area contributed by atoms with Gasteiger partial charge >= 0.3 is 0 Å². The molecule has 2 rings (SSSR count). The number of ether oxygens (including phenoxy) is 1. The lowest BCUT2D eigenvalue weighted by Gasteiger charge is -2.23. The van der Waals surface area contributed by atoms with Gasteiger partial charge in [-0.05, 0) is 55.9 Å². The van der Waals surface area contributed by atoms with Crippen LogP contribution in [0.25, 0.3) is 0 Å². The molecule has 1 aliphatic carbocycles. The van der Waals surface area contributed by atoms with E-state index in [2.05, 4.69) is 4.72 Å². The molecule has 0 aromatic heterocycles. The summed E-state index contributed by atoms with van der Waals surface area (Å²) in [7, 11) is -2.15. The summed E-state index contributed by atoms with van der Waals surface area (Å²) in [6, 6.07) is 5.29. The lowest BCUT2D eigenvalue weighted by molar-refractivity contribution is -0.0119. The smallest absolute Gasteiger partial charge is 0.240 e. The number of benzene rings is 1. The average Bonchev–Trinajstić information content (AvgIpc) is 2.45. The second-order valence-corrected chi connectivity index (χ2v) is 7.66. The van der Waals surface area contributed by atoms with Gasteiger partial charge < -0.3 is 9.84 Å². The summed E-state index contributed by atoms with van der Waals surface area (Å²) in [5, 5.41) is 9.96. The molecule has 1 aromatic rings. The van der Waals surface area contributed by atoms with Crippen LogP contribution in [0.2, 0.25) is 0 Å². The van der Waals surface area contributed by atoms with Crippen LogP contribution in [0.15, 0.2) is 23.1 Å². The first kappa shape index (κ1) is 16.4. The summed E-state index contributed by atoms with van der Waals surface area (Å²) in [4.78, 5) is 0.261. The van der Waals surface area contributed by atoms with E-state index < -0.39 is 15.6 Å². The summed E-state index contributed by atoms with van der Waals surface area (Å²) in [6.45, 7) is 1.52. The molecule has 1 atom stereocenters. The van der Waals surface area contributed by atoms with Crippen molar-refractivity contribution in [1.82, 2.24) is 4.72 Å². The Hall–Kier alpha value is -0.950. The highest BCUT2D eigenvalue weighted by molar-refractivity contribution is 7.89. The van der Waals surface area contributed by atoms with Crippen molar-refractivity contribution >= 4 is 10.0 Å². The van der Waals surface area contributed by atoms with Crippen molar-refractivity contribution in [2.75, 3.05) is 20.3 Å². The molecule has 1 unspecified atom stereocenters. The lowest BCUT2D eigenvalue weighted by Crippen LogP contribution is -2.43. The van der Waals surface area contributed by atoms with E-state index >= 15 is 0 Å². The Labute approximate surface area is 126 Å². The summed E-state index contributed by atoms with van der Waals surface area (Å²) in [5.41, 5.74) is 1.13. The SMILES string of the molecule is COCC(C)(O)CNS(=O)(=O)c1ccc2c(c1)CCCC2. The fourth-order valence-electron chi connectivity index (χ4n) is 2.57. The van der Waals surface area contributed by atoms with E-state index in [4.69, 9.17) is 4.74 Å². The predicted octanol–water partition coefficient (Wildman–Crippen LogP) is 1.24. The van der Waals surface area contributed by atoms with Crippen molar-refractivity contribution in [3.8, 4) is 0 Å². The third kappa shape index (κ3) is 4.26. The van der Waals surface area contributed by atoms with Gasteiger partial charge in [-0.3, -0.25) is 0 Å². The largest absolute Gasteiger partial charge is 0.386 e. The van der Waals surface area contributed by atoms with Gasteiger partial charge in [-0.15, -0.1) is 0 Å². The molecule has 1 aromatic carbocycles. The lowest BCUT2D eigenvalue weighted by atomic mass is 9.92. The molecule has 5 nitrogen and oxygen atoms in total. The maximum atomic E-state index is 12.3. The van der Waals surface area contributed by atoms with Gasteiger partial charge in [0.1, 0.15) is 0 Å². The Morgan fingerprint density at radius 3 is 2.62 bits per heavy atom. The minimum absolute atomic E-state index is 0.0692. The Kier molecular flexibility index (Phi) is 5.03. The van der Waals surface area contributed by atoms with Gasteiger partial charge in [0, 0.05) is 13.7 Å².